The average molecular weight is 463 g/mol. The van der Waals surface area contributed by atoms with Gasteiger partial charge >= 0.3 is 0 Å². The molecule has 2 bridgehead atoms. The Bertz CT molecular complexity index is 902. The maximum atomic E-state index is 10.8. The Balaban J connectivity index is 1.70. The lowest BCUT2D eigenvalue weighted by Gasteiger charge is -2.41. The number of hydrogen-bond donors (Lipinski definition) is 3. The Morgan fingerprint density at radius 1 is 0.938 bits per heavy atom. The van der Waals surface area contributed by atoms with Gasteiger partial charge in [0.15, 0.2) is 0 Å². The number of fused-ring (bicyclic) bond motifs is 4. The van der Waals surface area contributed by atoms with E-state index in [1.807, 2.05) is 6.07 Å². The number of aliphatic hydroxyl groups is 3. The minimum atomic E-state index is -1.36. The first-order chi connectivity index (χ1) is 15.5. The molecule has 2 aromatic carbocycles. The first-order valence-corrected chi connectivity index (χ1v) is 11.7. The second kappa shape index (κ2) is 10.5. The predicted octanol–water partition coefficient (Wildman–Crippen LogP) is 3.21. The summed E-state index contributed by atoms with van der Waals surface area (Å²) in [6, 6.07) is 12.0. The number of halogens is 1. The fraction of sp³-hybridized carbons (Fsp3) is 0.520. The van der Waals surface area contributed by atoms with Crippen LogP contribution in [-0.2, 0) is 22.3 Å². The summed E-state index contributed by atoms with van der Waals surface area (Å²) >= 11 is 6.62. The molecule has 0 saturated carbocycles. The molecule has 1 saturated heterocycles. The summed E-state index contributed by atoms with van der Waals surface area (Å²) in [7, 11) is 0. The maximum absolute atomic E-state index is 10.8. The molecule has 0 aliphatic carbocycles. The summed E-state index contributed by atoms with van der Waals surface area (Å²) < 4.78 is 17.7. The van der Waals surface area contributed by atoms with Gasteiger partial charge in [0.2, 0.25) is 0 Å². The van der Waals surface area contributed by atoms with E-state index in [9.17, 15) is 15.3 Å². The minimum Gasteiger partial charge on any atom is -0.493 e. The van der Waals surface area contributed by atoms with Gasteiger partial charge in [-0.15, -0.1) is 0 Å². The molecule has 2 aliphatic rings. The van der Waals surface area contributed by atoms with Crippen LogP contribution >= 0.6 is 11.6 Å². The van der Waals surface area contributed by atoms with Crippen molar-refractivity contribution in [3.8, 4) is 5.75 Å². The zero-order valence-electron chi connectivity index (χ0n) is 18.2. The van der Waals surface area contributed by atoms with Crippen molar-refractivity contribution in [2.75, 3.05) is 19.8 Å². The highest BCUT2D eigenvalue weighted by Crippen LogP contribution is 2.40. The van der Waals surface area contributed by atoms with Crippen LogP contribution in [0.1, 0.15) is 48.1 Å². The fourth-order valence-electron chi connectivity index (χ4n) is 4.25. The molecule has 6 nitrogen and oxygen atoms in total. The number of rotatable bonds is 3. The topological polar surface area (TPSA) is 88.4 Å². The zero-order valence-corrected chi connectivity index (χ0v) is 19.0. The first kappa shape index (κ1) is 23.5. The molecule has 0 aromatic heterocycles. The van der Waals surface area contributed by atoms with E-state index in [4.69, 9.17) is 25.8 Å². The highest BCUT2D eigenvalue weighted by atomic mass is 35.5. The van der Waals surface area contributed by atoms with Gasteiger partial charge < -0.3 is 29.5 Å². The van der Waals surface area contributed by atoms with Crippen molar-refractivity contribution in [3.05, 3.63) is 63.7 Å². The van der Waals surface area contributed by atoms with Crippen molar-refractivity contribution in [1.82, 2.24) is 0 Å². The third-order valence-electron chi connectivity index (χ3n) is 6.25. The van der Waals surface area contributed by atoms with Gasteiger partial charge in [-0.1, -0.05) is 42.8 Å². The number of benzene rings is 2. The average Bonchev–Trinajstić information content (AvgIpc) is 2.79. The third kappa shape index (κ3) is 5.11. The molecule has 5 atom stereocenters. The van der Waals surface area contributed by atoms with E-state index in [1.165, 1.54) is 5.56 Å². The molecular weight excluding hydrogens is 432 g/mol. The van der Waals surface area contributed by atoms with Gasteiger partial charge in [-0.05, 0) is 54.5 Å². The zero-order chi connectivity index (χ0) is 22.7. The molecule has 1 fully saturated rings. The van der Waals surface area contributed by atoms with Crippen molar-refractivity contribution in [2.24, 2.45) is 0 Å². The van der Waals surface area contributed by atoms with Gasteiger partial charge in [0.25, 0.3) is 0 Å². The summed E-state index contributed by atoms with van der Waals surface area (Å²) in [5, 5.41) is 32.2. The van der Waals surface area contributed by atoms with E-state index in [-0.39, 0.29) is 6.61 Å². The summed E-state index contributed by atoms with van der Waals surface area (Å²) in [5.41, 5.74) is 3.86. The highest BCUT2D eigenvalue weighted by Gasteiger charge is 2.45. The second-order valence-electron chi connectivity index (χ2n) is 8.53. The van der Waals surface area contributed by atoms with Crippen LogP contribution in [0, 0.1) is 0 Å². The van der Waals surface area contributed by atoms with Gasteiger partial charge in [-0.2, -0.15) is 0 Å². The number of aliphatic hydroxyl groups excluding tert-OH is 3. The predicted molar refractivity (Wildman–Crippen MR) is 121 cm³/mol. The van der Waals surface area contributed by atoms with Gasteiger partial charge in [0.05, 0.1) is 13.2 Å². The molecule has 2 aromatic rings. The van der Waals surface area contributed by atoms with Crippen LogP contribution in [0.4, 0.5) is 0 Å². The Hall–Kier alpha value is -1.67. The molecule has 4 rings (SSSR count). The van der Waals surface area contributed by atoms with Crippen LogP contribution in [0.15, 0.2) is 36.4 Å². The summed E-state index contributed by atoms with van der Waals surface area (Å²) in [6.07, 6.45) is -2.37. The van der Waals surface area contributed by atoms with Crippen LogP contribution in [0.2, 0.25) is 5.02 Å². The van der Waals surface area contributed by atoms with Gasteiger partial charge in [-0.3, -0.25) is 0 Å². The van der Waals surface area contributed by atoms with E-state index in [1.54, 1.807) is 6.07 Å². The summed E-state index contributed by atoms with van der Waals surface area (Å²) in [6.45, 7) is 3.24. The SMILES string of the molecule is CCc1ccc(Cc2cc3c(cc2Cl)OCCCCOC[C@H]2O[C@@H]3[C@H](O)[C@@H](O)[C@@H]2O)cc1. The molecule has 32 heavy (non-hydrogen) atoms. The van der Waals surface area contributed by atoms with Crippen molar-refractivity contribution in [2.45, 2.75) is 63.1 Å². The lowest BCUT2D eigenvalue weighted by atomic mass is 9.89. The largest absolute Gasteiger partial charge is 0.493 e. The van der Waals surface area contributed by atoms with Crippen molar-refractivity contribution < 1.29 is 29.5 Å². The highest BCUT2D eigenvalue weighted by molar-refractivity contribution is 6.31. The Morgan fingerprint density at radius 3 is 2.41 bits per heavy atom. The maximum Gasteiger partial charge on any atom is 0.126 e. The lowest BCUT2D eigenvalue weighted by molar-refractivity contribution is -0.235. The van der Waals surface area contributed by atoms with Crippen molar-refractivity contribution >= 4 is 11.6 Å². The molecule has 0 spiro atoms. The summed E-state index contributed by atoms with van der Waals surface area (Å²) in [4.78, 5) is 0. The lowest BCUT2D eigenvalue weighted by Crippen LogP contribution is -2.55. The number of ether oxygens (including phenoxy) is 3. The molecule has 174 valence electrons. The molecule has 0 radical (unpaired) electrons. The summed E-state index contributed by atoms with van der Waals surface area (Å²) in [5.74, 6) is 0.521. The van der Waals surface area contributed by atoms with Crippen LogP contribution < -0.4 is 4.74 Å². The Morgan fingerprint density at radius 2 is 1.66 bits per heavy atom. The van der Waals surface area contributed by atoms with Crippen LogP contribution in [0.3, 0.4) is 0 Å². The molecule has 0 unspecified atom stereocenters. The van der Waals surface area contributed by atoms with Gasteiger partial charge in [0.1, 0.15) is 36.3 Å². The third-order valence-corrected chi connectivity index (χ3v) is 6.60. The van der Waals surface area contributed by atoms with Gasteiger partial charge in [-0.25, -0.2) is 0 Å². The number of aryl methyl sites for hydroxylation is 1. The van der Waals surface area contributed by atoms with E-state index >= 15 is 0 Å². The van der Waals surface area contributed by atoms with Crippen molar-refractivity contribution in [3.63, 3.8) is 0 Å². The van der Waals surface area contributed by atoms with Crippen LogP contribution in [0.25, 0.3) is 0 Å². The van der Waals surface area contributed by atoms with Crippen LogP contribution in [0.5, 0.6) is 5.75 Å². The Kier molecular flexibility index (Phi) is 7.71. The molecule has 2 aliphatic heterocycles. The minimum absolute atomic E-state index is 0.141. The van der Waals surface area contributed by atoms with E-state index in [2.05, 4.69) is 31.2 Å². The molecule has 3 N–H and O–H groups in total. The van der Waals surface area contributed by atoms with E-state index in [0.717, 1.165) is 30.4 Å². The second-order valence-corrected chi connectivity index (χ2v) is 8.93. The van der Waals surface area contributed by atoms with E-state index in [0.29, 0.717) is 36.0 Å². The standard InChI is InChI=1S/C25H31ClO6/c1-2-15-5-7-16(8-6-15)11-17-12-18-20(13-19(17)26)31-10-4-3-9-30-14-21-22(27)23(28)24(29)25(18)32-21/h5-8,12-13,21-25,27-29H,2-4,9-11,14H2,1H3/t21-,22-,23+,24-,25+/m1/s1. The first-order valence-electron chi connectivity index (χ1n) is 11.3. The molecule has 0 amide bonds. The van der Waals surface area contributed by atoms with Crippen molar-refractivity contribution in [1.29, 1.82) is 0 Å². The molecule has 7 heteroatoms. The number of hydrogen-bond acceptors (Lipinski definition) is 6. The van der Waals surface area contributed by atoms with Crippen LogP contribution in [-0.4, -0.2) is 59.6 Å². The molecular formula is C25H31ClO6. The monoisotopic (exact) mass is 462 g/mol. The smallest absolute Gasteiger partial charge is 0.126 e. The van der Waals surface area contributed by atoms with Gasteiger partial charge in [0, 0.05) is 17.2 Å². The Labute approximate surface area is 193 Å². The normalized spacial score (nSPS) is 28.7. The fourth-order valence-corrected chi connectivity index (χ4v) is 4.47. The van der Waals surface area contributed by atoms with E-state index < -0.39 is 30.5 Å². The molecule has 2 heterocycles. The quantitative estimate of drug-likeness (QED) is 0.649.